The molecule has 6 rings (SSSR count). The first kappa shape index (κ1) is 26.5. The van der Waals surface area contributed by atoms with Crippen molar-refractivity contribution in [2.75, 3.05) is 5.73 Å². The van der Waals surface area contributed by atoms with Crippen LogP contribution < -0.4 is 5.73 Å². The fourth-order valence-electron chi connectivity index (χ4n) is 5.45. The molecule has 0 amide bonds. The number of aromatic nitrogens is 3. The first-order valence-electron chi connectivity index (χ1n) is 13.5. The van der Waals surface area contributed by atoms with Gasteiger partial charge in [-0.2, -0.15) is 0 Å². The second-order valence-corrected chi connectivity index (χ2v) is 12.8. The van der Waals surface area contributed by atoms with Crippen LogP contribution in [0.4, 0.5) is 5.69 Å². The molecule has 0 fully saturated rings. The zero-order valence-corrected chi connectivity index (χ0v) is 23.7. The number of hydrogen-bond donors (Lipinski definition) is 1. The van der Waals surface area contributed by atoms with Crippen molar-refractivity contribution < 1.29 is 8.42 Å². The molecule has 0 aliphatic heterocycles. The molecule has 0 bridgehead atoms. The molecule has 0 atom stereocenters. The van der Waals surface area contributed by atoms with Crippen molar-refractivity contribution in [3.63, 3.8) is 0 Å². The fourth-order valence-corrected chi connectivity index (χ4v) is 6.51. The minimum Gasteiger partial charge on any atom is -0.396 e. The van der Waals surface area contributed by atoms with Gasteiger partial charge in [0.25, 0.3) is 0 Å². The Hall–Kier alpha value is -4.75. The molecule has 0 unspecified atom stereocenters. The summed E-state index contributed by atoms with van der Waals surface area (Å²) >= 11 is 0. The summed E-state index contributed by atoms with van der Waals surface area (Å²) in [5, 5.41) is -0.497. The molecule has 0 radical (unpaired) electrons. The van der Waals surface area contributed by atoms with Crippen molar-refractivity contribution in [1.82, 2.24) is 14.5 Å². The van der Waals surface area contributed by atoms with Crippen LogP contribution in [0.1, 0.15) is 30.5 Å². The Balaban J connectivity index is 1.58. The van der Waals surface area contributed by atoms with Crippen molar-refractivity contribution in [2.24, 2.45) is 0 Å². The number of nitrogen functional groups attached to an aromatic ring is 1. The zero-order chi connectivity index (χ0) is 28.6. The second kappa shape index (κ2) is 10.3. The number of benzene rings is 4. The molecule has 2 heterocycles. The topological polar surface area (TPSA) is 90.9 Å². The van der Waals surface area contributed by atoms with E-state index in [1.807, 2.05) is 60.8 Å². The summed E-state index contributed by atoms with van der Waals surface area (Å²) < 4.78 is 27.3. The Morgan fingerprint density at radius 1 is 0.732 bits per heavy atom. The highest BCUT2D eigenvalue weighted by Crippen LogP contribution is 2.43. The summed E-state index contributed by atoms with van der Waals surface area (Å²) in [7, 11) is -3.37. The molecule has 0 saturated carbocycles. The van der Waals surface area contributed by atoms with Gasteiger partial charge in [0, 0.05) is 11.8 Å². The Morgan fingerprint density at radius 2 is 1.22 bits per heavy atom. The van der Waals surface area contributed by atoms with E-state index >= 15 is 0 Å². The average Bonchev–Trinajstić information content (AvgIpc) is 3.35. The summed E-state index contributed by atoms with van der Waals surface area (Å²) in [5.41, 5.74) is 12.2. The zero-order valence-electron chi connectivity index (χ0n) is 22.8. The van der Waals surface area contributed by atoms with Gasteiger partial charge in [-0.05, 0) is 42.7 Å². The van der Waals surface area contributed by atoms with Gasteiger partial charge in [-0.15, -0.1) is 0 Å². The van der Waals surface area contributed by atoms with Crippen LogP contribution in [-0.2, 0) is 15.4 Å². The maximum absolute atomic E-state index is 12.6. The number of rotatable bonds is 7. The number of hydrogen-bond acceptors (Lipinski definition) is 5. The summed E-state index contributed by atoms with van der Waals surface area (Å²) in [6.45, 7) is 3.35. The predicted octanol–water partition coefficient (Wildman–Crippen LogP) is 6.70. The Morgan fingerprint density at radius 3 is 1.68 bits per heavy atom. The van der Waals surface area contributed by atoms with Gasteiger partial charge in [0.1, 0.15) is 11.1 Å². The van der Waals surface area contributed by atoms with Gasteiger partial charge in [0.05, 0.1) is 27.7 Å². The lowest BCUT2D eigenvalue weighted by atomic mass is 9.76. The van der Waals surface area contributed by atoms with Gasteiger partial charge in [-0.25, -0.2) is 18.4 Å². The van der Waals surface area contributed by atoms with E-state index in [0.717, 1.165) is 22.3 Å². The molecule has 2 N–H and O–H groups in total. The monoisotopic (exact) mass is 558 g/mol. The van der Waals surface area contributed by atoms with E-state index in [1.165, 1.54) is 0 Å². The molecule has 6 aromatic rings. The van der Waals surface area contributed by atoms with Crippen LogP contribution in [-0.4, -0.2) is 28.2 Å². The van der Waals surface area contributed by atoms with Gasteiger partial charge < -0.3 is 10.3 Å². The standard InChI is InChI=1S/C34H30N4O2S/c1-24(2)41(39,40)29-20-18-25(19-21-29)31-22-36-33-32(37-31)30(35)23-38(33)34(26-12-6-3-7-13-26,27-14-8-4-9-15-27)28-16-10-5-11-17-28/h3-24H,35H2,1-2H3. The highest BCUT2D eigenvalue weighted by Gasteiger charge is 2.40. The first-order valence-corrected chi connectivity index (χ1v) is 15.0. The highest BCUT2D eigenvalue weighted by molar-refractivity contribution is 7.92. The molecular formula is C34H30N4O2S. The van der Waals surface area contributed by atoms with Gasteiger partial charge in [-0.1, -0.05) is 103 Å². The smallest absolute Gasteiger partial charge is 0.180 e. The Kier molecular flexibility index (Phi) is 6.67. The summed E-state index contributed by atoms with van der Waals surface area (Å²) in [5.74, 6) is 0. The van der Waals surface area contributed by atoms with Crippen molar-refractivity contribution in [1.29, 1.82) is 0 Å². The first-order chi connectivity index (χ1) is 19.8. The van der Waals surface area contributed by atoms with Crippen molar-refractivity contribution in [3.05, 3.63) is 144 Å². The fraction of sp³-hybridized carbons (Fsp3) is 0.118. The quantitative estimate of drug-likeness (QED) is 0.220. The number of nitrogens with two attached hydrogens (primary N) is 1. The van der Waals surface area contributed by atoms with Crippen LogP contribution in [0.15, 0.2) is 133 Å². The van der Waals surface area contributed by atoms with E-state index in [-0.39, 0.29) is 4.90 Å². The summed E-state index contributed by atoms with van der Waals surface area (Å²) in [6, 6.07) is 37.8. The van der Waals surface area contributed by atoms with Crippen LogP contribution in [0, 0.1) is 0 Å². The van der Waals surface area contributed by atoms with Crippen LogP contribution >= 0.6 is 0 Å². The average molecular weight is 559 g/mol. The maximum atomic E-state index is 12.6. The van der Waals surface area contributed by atoms with Gasteiger partial charge >= 0.3 is 0 Å². The van der Waals surface area contributed by atoms with E-state index in [9.17, 15) is 8.42 Å². The highest BCUT2D eigenvalue weighted by atomic mass is 32.2. The number of nitrogens with zero attached hydrogens (tertiary/aromatic N) is 3. The lowest BCUT2D eigenvalue weighted by Crippen LogP contribution is -2.37. The van der Waals surface area contributed by atoms with Gasteiger partial charge in [-0.3, -0.25) is 0 Å². The third-order valence-corrected chi connectivity index (χ3v) is 9.73. The summed E-state index contributed by atoms with van der Waals surface area (Å²) in [6.07, 6.45) is 3.63. The van der Waals surface area contributed by atoms with Gasteiger partial charge in [0.2, 0.25) is 0 Å². The number of fused-ring (bicyclic) bond motifs is 1. The van der Waals surface area contributed by atoms with E-state index in [1.54, 1.807) is 44.3 Å². The lowest BCUT2D eigenvalue weighted by molar-refractivity contribution is 0.530. The lowest BCUT2D eigenvalue weighted by Gasteiger charge is -2.38. The molecular weight excluding hydrogens is 528 g/mol. The molecule has 0 saturated heterocycles. The minimum absolute atomic E-state index is 0.286. The van der Waals surface area contributed by atoms with E-state index in [0.29, 0.717) is 22.5 Å². The molecule has 6 nitrogen and oxygen atoms in total. The van der Waals surface area contributed by atoms with Crippen molar-refractivity contribution >= 4 is 26.7 Å². The second-order valence-electron chi connectivity index (χ2n) is 10.3. The number of anilines is 1. The molecule has 204 valence electrons. The molecule has 2 aromatic heterocycles. The predicted molar refractivity (Wildman–Crippen MR) is 164 cm³/mol. The molecule has 7 heteroatoms. The molecule has 41 heavy (non-hydrogen) atoms. The minimum atomic E-state index is -3.37. The molecule has 4 aromatic carbocycles. The van der Waals surface area contributed by atoms with E-state index < -0.39 is 20.6 Å². The largest absolute Gasteiger partial charge is 0.396 e. The van der Waals surface area contributed by atoms with Crippen LogP contribution in [0.5, 0.6) is 0 Å². The molecule has 0 spiro atoms. The Labute approximate surface area is 240 Å². The summed E-state index contributed by atoms with van der Waals surface area (Å²) in [4.78, 5) is 10.1. The molecule has 0 aliphatic carbocycles. The van der Waals surface area contributed by atoms with Crippen molar-refractivity contribution in [2.45, 2.75) is 29.5 Å². The van der Waals surface area contributed by atoms with Crippen LogP contribution in [0.25, 0.3) is 22.4 Å². The van der Waals surface area contributed by atoms with Crippen LogP contribution in [0.2, 0.25) is 0 Å². The molecule has 0 aliphatic rings. The van der Waals surface area contributed by atoms with E-state index in [2.05, 4.69) is 41.0 Å². The van der Waals surface area contributed by atoms with E-state index in [4.69, 9.17) is 15.7 Å². The number of sulfone groups is 1. The Bertz CT molecular complexity index is 1820. The normalized spacial score (nSPS) is 12.2. The van der Waals surface area contributed by atoms with Gasteiger partial charge in [0.15, 0.2) is 15.5 Å². The van der Waals surface area contributed by atoms with Crippen molar-refractivity contribution in [3.8, 4) is 11.3 Å². The maximum Gasteiger partial charge on any atom is 0.180 e. The SMILES string of the molecule is CC(C)S(=O)(=O)c1ccc(-c2cnc3c(n2)c(N)cn3C(c2ccccc2)(c2ccccc2)c2ccccc2)cc1. The van der Waals surface area contributed by atoms with Crippen LogP contribution in [0.3, 0.4) is 0 Å². The third-order valence-electron chi connectivity index (χ3n) is 7.56. The third kappa shape index (κ3) is 4.39.